The summed E-state index contributed by atoms with van der Waals surface area (Å²) in [5.41, 5.74) is 2.28. The highest BCUT2D eigenvalue weighted by molar-refractivity contribution is 9.09. The minimum atomic E-state index is 0.251. The molecule has 2 aliphatic heterocycles. The number of carbonyl (C=O) groups is 1. The Balaban J connectivity index is 1.84. The normalized spacial score (nSPS) is 23.9. The van der Waals surface area contributed by atoms with Crippen LogP contribution < -0.4 is 9.80 Å². The quantitative estimate of drug-likeness (QED) is 0.781. The Kier molecular flexibility index (Phi) is 4.50. The summed E-state index contributed by atoms with van der Waals surface area (Å²) < 4.78 is 0. The molecule has 1 aromatic rings. The molecule has 2 saturated heterocycles. The van der Waals surface area contributed by atoms with Crippen LogP contribution in [-0.4, -0.2) is 55.9 Å². The van der Waals surface area contributed by atoms with E-state index in [4.69, 9.17) is 0 Å². The van der Waals surface area contributed by atoms with Crippen LogP contribution in [0.3, 0.4) is 0 Å². The molecule has 0 radical (unpaired) electrons. The summed E-state index contributed by atoms with van der Waals surface area (Å²) in [6, 6.07) is 8.33. The maximum absolute atomic E-state index is 12.3. The van der Waals surface area contributed by atoms with Gasteiger partial charge < -0.3 is 14.7 Å². The maximum Gasteiger partial charge on any atom is 0.227 e. The first-order valence-electron chi connectivity index (χ1n) is 7.58. The molecule has 5 heteroatoms. The van der Waals surface area contributed by atoms with Crippen molar-refractivity contribution in [1.29, 1.82) is 0 Å². The third kappa shape index (κ3) is 3.09. The number of likely N-dealkylation sites (N-methyl/N-ethyl adjacent to an activating group) is 1. The number of para-hydroxylation sites is 2. The number of alkyl halides is 1. The van der Waals surface area contributed by atoms with Crippen molar-refractivity contribution in [3.05, 3.63) is 24.3 Å². The largest absolute Gasteiger partial charge is 0.367 e. The zero-order valence-corrected chi connectivity index (χ0v) is 14.1. The molecule has 3 rings (SSSR count). The van der Waals surface area contributed by atoms with Crippen LogP contribution >= 0.6 is 15.9 Å². The molecule has 114 valence electrons. The van der Waals surface area contributed by atoms with Crippen molar-refractivity contribution in [3.63, 3.8) is 0 Å². The van der Waals surface area contributed by atoms with Crippen molar-refractivity contribution in [2.75, 3.05) is 54.9 Å². The number of nitrogens with zero attached hydrogens (tertiary/aromatic N) is 3. The van der Waals surface area contributed by atoms with Crippen LogP contribution in [-0.2, 0) is 4.79 Å². The van der Waals surface area contributed by atoms with E-state index in [-0.39, 0.29) is 5.91 Å². The molecule has 1 atom stereocenters. The van der Waals surface area contributed by atoms with Gasteiger partial charge in [-0.3, -0.25) is 4.79 Å². The lowest BCUT2D eigenvalue weighted by Crippen LogP contribution is -2.45. The number of halogens is 1. The fourth-order valence-electron chi connectivity index (χ4n) is 3.12. The van der Waals surface area contributed by atoms with Crippen molar-refractivity contribution in [3.8, 4) is 0 Å². The Bertz CT molecular complexity index is 514. The summed E-state index contributed by atoms with van der Waals surface area (Å²) in [4.78, 5) is 19.0. The lowest BCUT2D eigenvalue weighted by atomic mass is 10.1. The number of anilines is 2. The number of hydrogen-bond donors (Lipinski definition) is 0. The van der Waals surface area contributed by atoms with Gasteiger partial charge in [-0.15, -0.1) is 0 Å². The van der Waals surface area contributed by atoms with Gasteiger partial charge in [-0.1, -0.05) is 28.1 Å². The van der Waals surface area contributed by atoms with Crippen molar-refractivity contribution in [2.45, 2.75) is 6.42 Å². The maximum atomic E-state index is 12.3. The molecule has 1 aromatic carbocycles. The third-order valence-electron chi connectivity index (χ3n) is 4.44. The van der Waals surface area contributed by atoms with E-state index >= 15 is 0 Å². The predicted molar refractivity (Wildman–Crippen MR) is 90.4 cm³/mol. The predicted octanol–water partition coefficient (Wildman–Crippen LogP) is 2.19. The lowest BCUT2D eigenvalue weighted by Gasteiger charge is -2.36. The lowest BCUT2D eigenvalue weighted by molar-refractivity contribution is -0.117. The van der Waals surface area contributed by atoms with Gasteiger partial charge in [0.2, 0.25) is 5.91 Å². The molecule has 2 fully saturated rings. The standard InChI is InChI=1S/C16H22BrN3O/c1-18-6-8-19(9-7-18)14-4-2-3-5-15(14)20-12-13(11-17)10-16(20)21/h2-5,13H,6-12H2,1H3. The van der Waals surface area contributed by atoms with Crippen molar-refractivity contribution in [1.82, 2.24) is 4.90 Å². The minimum Gasteiger partial charge on any atom is -0.367 e. The molecule has 0 spiro atoms. The Hall–Kier alpha value is -1.07. The summed E-state index contributed by atoms with van der Waals surface area (Å²) in [6.45, 7) is 5.03. The van der Waals surface area contributed by atoms with Crippen molar-refractivity contribution < 1.29 is 4.79 Å². The highest BCUT2D eigenvalue weighted by atomic mass is 79.9. The monoisotopic (exact) mass is 351 g/mol. The highest BCUT2D eigenvalue weighted by Gasteiger charge is 2.32. The molecule has 0 saturated carbocycles. The third-order valence-corrected chi connectivity index (χ3v) is 5.36. The van der Waals surface area contributed by atoms with Gasteiger partial charge in [0.15, 0.2) is 0 Å². The summed E-state index contributed by atoms with van der Waals surface area (Å²) >= 11 is 3.51. The Labute approximate surface area is 134 Å². The molecule has 2 aliphatic rings. The van der Waals surface area contributed by atoms with Crippen LogP contribution in [0.4, 0.5) is 11.4 Å². The van der Waals surface area contributed by atoms with Crippen LogP contribution in [0, 0.1) is 5.92 Å². The average molecular weight is 352 g/mol. The second-order valence-electron chi connectivity index (χ2n) is 6.01. The smallest absolute Gasteiger partial charge is 0.227 e. The van der Waals surface area contributed by atoms with E-state index in [9.17, 15) is 4.79 Å². The summed E-state index contributed by atoms with van der Waals surface area (Å²) in [5, 5.41) is 0.895. The molecule has 1 amide bonds. The van der Waals surface area contributed by atoms with Gasteiger partial charge in [-0.05, 0) is 25.1 Å². The van der Waals surface area contributed by atoms with E-state index < -0.39 is 0 Å². The van der Waals surface area contributed by atoms with E-state index in [1.165, 1.54) is 5.69 Å². The van der Waals surface area contributed by atoms with E-state index in [1.54, 1.807) is 0 Å². The summed E-state index contributed by atoms with van der Waals surface area (Å²) in [6.07, 6.45) is 0.655. The van der Waals surface area contributed by atoms with Gasteiger partial charge >= 0.3 is 0 Å². The second-order valence-corrected chi connectivity index (χ2v) is 6.66. The fraction of sp³-hybridized carbons (Fsp3) is 0.562. The van der Waals surface area contributed by atoms with E-state index in [0.29, 0.717) is 12.3 Å². The van der Waals surface area contributed by atoms with E-state index in [2.05, 4.69) is 51.0 Å². The van der Waals surface area contributed by atoms with Gasteiger partial charge in [0, 0.05) is 44.5 Å². The Morgan fingerprint density at radius 2 is 1.81 bits per heavy atom. The van der Waals surface area contributed by atoms with Crippen LogP contribution in [0.2, 0.25) is 0 Å². The SMILES string of the molecule is CN1CCN(c2ccccc2N2CC(CBr)CC2=O)CC1. The molecule has 2 heterocycles. The van der Waals surface area contributed by atoms with Crippen molar-refractivity contribution in [2.24, 2.45) is 5.92 Å². The second kappa shape index (κ2) is 6.36. The molecular weight excluding hydrogens is 330 g/mol. The number of rotatable bonds is 3. The minimum absolute atomic E-state index is 0.251. The van der Waals surface area contributed by atoms with Gasteiger partial charge in [-0.2, -0.15) is 0 Å². The van der Waals surface area contributed by atoms with Crippen LogP contribution in [0.5, 0.6) is 0 Å². The zero-order valence-electron chi connectivity index (χ0n) is 12.5. The number of piperazine rings is 1. The molecule has 4 nitrogen and oxygen atoms in total. The number of benzene rings is 1. The molecule has 0 aliphatic carbocycles. The molecule has 0 N–H and O–H groups in total. The average Bonchev–Trinajstić information content (AvgIpc) is 2.89. The molecular formula is C16H22BrN3O. The summed E-state index contributed by atoms with van der Waals surface area (Å²) in [5.74, 6) is 0.680. The first-order chi connectivity index (χ1) is 10.2. The van der Waals surface area contributed by atoms with Gasteiger partial charge in [-0.25, -0.2) is 0 Å². The fourth-order valence-corrected chi connectivity index (χ4v) is 3.56. The first kappa shape index (κ1) is 14.9. The summed E-state index contributed by atoms with van der Waals surface area (Å²) in [7, 11) is 2.16. The molecule has 0 aromatic heterocycles. The molecule has 1 unspecified atom stereocenters. The highest BCUT2D eigenvalue weighted by Crippen LogP contribution is 2.34. The van der Waals surface area contributed by atoms with Crippen LogP contribution in [0.1, 0.15) is 6.42 Å². The Morgan fingerprint density at radius 3 is 2.43 bits per heavy atom. The Morgan fingerprint density at radius 1 is 1.14 bits per heavy atom. The van der Waals surface area contributed by atoms with Crippen molar-refractivity contribution >= 4 is 33.2 Å². The molecule has 0 bridgehead atoms. The van der Waals surface area contributed by atoms with E-state index in [1.807, 2.05) is 11.0 Å². The zero-order chi connectivity index (χ0) is 14.8. The first-order valence-corrected chi connectivity index (χ1v) is 8.70. The van der Waals surface area contributed by atoms with E-state index in [0.717, 1.165) is 43.7 Å². The van der Waals surface area contributed by atoms with Crippen LogP contribution in [0.25, 0.3) is 0 Å². The number of amides is 1. The van der Waals surface area contributed by atoms with Gasteiger partial charge in [0.05, 0.1) is 11.4 Å². The number of carbonyl (C=O) groups excluding carboxylic acids is 1. The van der Waals surface area contributed by atoms with Gasteiger partial charge in [0.25, 0.3) is 0 Å². The molecule has 21 heavy (non-hydrogen) atoms. The van der Waals surface area contributed by atoms with Gasteiger partial charge in [0.1, 0.15) is 0 Å². The topological polar surface area (TPSA) is 26.8 Å². The van der Waals surface area contributed by atoms with Crippen LogP contribution in [0.15, 0.2) is 24.3 Å². The number of hydrogen-bond acceptors (Lipinski definition) is 3.